The van der Waals surface area contributed by atoms with Crippen LogP contribution in [0.25, 0.3) is 0 Å². The number of hydrogen-bond donors (Lipinski definition) is 0. The number of aryl methyl sites for hydroxylation is 1. The van der Waals surface area contributed by atoms with Gasteiger partial charge in [0.15, 0.2) is 6.29 Å². The third-order valence-corrected chi connectivity index (χ3v) is 5.42. The maximum Gasteiger partial charge on any atom is 0.495 e. The quantitative estimate of drug-likeness (QED) is 0.620. The van der Waals surface area contributed by atoms with Crippen LogP contribution in [0.15, 0.2) is 12.1 Å². The van der Waals surface area contributed by atoms with E-state index in [-0.39, 0.29) is 6.29 Å². The van der Waals surface area contributed by atoms with E-state index < -0.39 is 18.3 Å². The van der Waals surface area contributed by atoms with E-state index >= 15 is 0 Å². The van der Waals surface area contributed by atoms with Crippen molar-refractivity contribution in [1.29, 1.82) is 0 Å². The number of benzene rings is 1. The van der Waals surface area contributed by atoms with Gasteiger partial charge in [-0.1, -0.05) is 0 Å². The van der Waals surface area contributed by atoms with Crippen molar-refractivity contribution in [2.24, 2.45) is 0 Å². The largest absolute Gasteiger partial charge is 0.495 e. The summed E-state index contributed by atoms with van der Waals surface area (Å²) in [6.07, 6.45) is 3.67. The van der Waals surface area contributed by atoms with Crippen LogP contribution in [0.3, 0.4) is 0 Å². The van der Waals surface area contributed by atoms with Gasteiger partial charge in [-0.15, -0.1) is 0 Å². The predicted octanol–water partition coefficient (Wildman–Crippen LogP) is 3.01. The first-order chi connectivity index (χ1) is 11.7. The molecule has 0 aromatic heterocycles. The van der Waals surface area contributed by atoms with Gasteiger partial charge in [0, 0.05) is 12.0 Å². The van der Waals surface area contributed by atoms with Gasteiger partial charge in [0.25, 0.3) is 0 Å². The summed E-state index contributed by atoms with van der Waals surface area (Å²) in [5.74, 6) is 0.680. The maximum absolute atomic E-state index is 11.7. The number of ether oxygens (including phenoxy) is 2. The van der Waals surface area contributed by atoms with Crippen molar-refractivity contribution in [2.75, 3.05) is 6.61 Å². The molecule has 2 fully saturated rings. The van der Waals surface area contributed by atoms with Gasteiger partial charge < -0.3 is 18.8 Å². The summed E-state index contributed by atoms with van der Waals surface area (Å²) in [5, 5.41) is 0. The second-order valence-corrected chi connectivity index (χ2v) is 7.86. The van der Waals surface area contributed by atoms with Gasteiger partial charge in [-0.2, -0.15) is 0 Å². The minimum Gasteiger partial charge on any atom is -0.465 e. The third-order valence-electron chi connectivity index (χ3n) is 5.42. The van der Waals surface area contributed by atoms with Crippen LogP contribution in [0.4, 0.5) is 0 Å². The highest BCUT2D eigenvalue weighted by atomic mass is 16.7. The van der Waals surface area contributed by atoms with Crippen LogP contribution in [0.5, 0.6) is 5.75 Å². The van der Waals surface area contributed by atoms with Gasteiger partial charge >= 0.3 is 7.12 Å². The molecule has 2 aliphatic rings. The van der Waals surface area contributed by atoms with E-state index in [4.69, 9.17) is 18.8 Å². The van der Waals surface area contributed by atoms with Gasteiger partial charge in [0.2, 0.25) is 0 Å². The monoisotopic (exact) mass is 346 g/mol. The van der Waals surface area contributed by atoms with E-state index in [1.165, 1.54) is 0 Å². The van der Waals surface area contributed by atoms with E-state index in [1.54, 1.807) is 0 Å². The summed E-state index contributed by atoms with van der Waals surface area (Å²) in [5.41, 5.74) is 1.22. The van der Waals surface area contributed by atoms with Gasteiger partial charge in [-0.3, -0.25) is 4.79 Å². The molecule has 25 heavy (non-hydrogen) atoms. The molecule has 1 atom stereocenters. The summed E-state index contributed by atoms with van der Waals surface area (Å²) in [6.45, 7) is 10.6. The molecule has 6 heteroatoms. The standard InChI is InChI=1S/C19H27BO5/c1-13-10-14(23-17-8-6-7-9-22-17)11-16(15(13)12-21)20-24-18(2,3)19(4,5)25-20/h10-12,17H,6-9H2,1-5H3. The van der Waals surface area contributed by atoms with Crippen molar-refractivity contribution in [1.82, 2.24) is 0 Å². The fourth-order valence-electron chi connectivity index (χ4n) is 3.14. The zero-order chi connectivity index (χ0) is 18.2. The minimum atomic E-state index is -0.597. The lowest BCUT2D eigenvalue weighted by Crippen LogP contribution is -2.41. The molecule has 1 aromatic carbocycles. The van der Waals surface area contributed by atoms with Gasteiger partial charge in [0.05, 0.1) is 17.8 Å². The van der Waals surface area contributed by atoms with Crippen LogP contribution in [-0.2, 0) is 14.0 Å². The highest BCUT2D eigenvalue weighted by molar-refractivity contribution is 6.63. The van der Waals surface area contributed by atoms with Gasteiger partial charge in [-0.25, -0.2) is 0 Å². The summed E-state index contributed by atoms with van der Waals surface area (Å²) in [4.78, 5) is 11.7. The van der Waals surface area contributed by atoms with E-state index in [9.17, 15) is 4.79 Å². The molecule has 0 spiro atoms. The predicted molar refractivity (Wildman–Crippen MR) is 96.5 cm³/mol. The minimum absolute atomic E-state index is 0.235. The average Bonchev–Trinajstić information content (AvgIpc) is 2.76. The molecule has 2 heterocycles. The molecule has 1 unspecified atom stereocenters. The third kappa shape index (κ3) is 3.61. The molecule has 2 saturated heterocycles. The summed E-state index contributed by atoms with van der Waals surface area (Å²) in [7, 11) is -0.597. The number of hydrogen-bond acceptors (Lipinski definition) is 5. The van der Waals surface area contributed by atoms with Crippen molar-refractivity contribution in [3.05, 3.63) is 23.3 Å². The van der Waals surface area contributed by atoms with Crippen molar-refractivity contribution in [3.8, 4) is 5.75 Å². The summed E-state index contributed by atoms with van der Waals surface area (Å²) >= 11 is 0. The topological polar surface area (TPSA) is 54.0 Å². The molecule has 136 valence electrons. The molecule has 5 nitrogen and oxygen atoms in total. The molecular weight excluding hydrogens is 319 g/mol. The maximum atomic E-state index is 11.7. The molecule has 0 saturated carbocycles. The highest BCUT2D eigenvalue weighted by Crippen LogP contribution is 2.37. The Morgan fingerprint density at radius 3 is 2.40 bits per heavy atom. The van der Waals surface area contributed by atoms with Gasteiger partial charge in [-0.05, 0) is 70.6 Å². The van der Waals surface area contributed by atoms with Crippen LogP contribution in [-0.4, -0.2) is 37.5 Å². The Balaban J connectivity index is 1.91. The number of carbonyl (C=O) groups is 1. The first-order valence-corrected chi connectivity index (χ1v) is 8.97. The Morgan fingerprint density at radius 2 is 1.84 bits per heavy atom. The first kappa shape index (κ1) is 18.4. The summed E-state index contributed by atoms with van der Waals surface area (Å²) in [6, 6.07) is 3.72. The van der Waals surface area contributed by atoms with E-state index in [0.29, 0.717) is 16.8 Å². The van der Waals surface area contributed by atoms with Crippen molar-refractivity contribution < 1.29 is 23.6 Å². The molecule has 3 rings (SSSR count). The lowest BCUT2D eigenvalue weighted by atomic mass is 9.75. The Labute approximate surface area is 150 Å². The Kier molecular flexibility index (Phi) is 4.97. The van der Waals surface area contributed by atoms with Crippen LogP contribution >= 0.6 is 0 Å². The van der Waals surface area contributed by atoms with E-state index in [2.05, 4.69) is 0 Å². The number of carbonyl (C=O) groups excluding carboxylic acids is 1. The molecule has 0 aliphatic carbocycles. The zero-order valence-electron chi connectivity index (χ0n) is 15.8. The van der Waals surface area contributed by atoms with Crippen molar-refractivity contribution >= 4 is 18.9 Å². The second-order valence-electron chi connectivity index (χ2n) is 7.86. The SMILES string of the molecule is Cc1cc(OC2CCCCO2)cc(B2OC(C)(C)C(C)(C)O2)c1C=O. The molecular formula is C19H27BO5. The van der Waals surface area contributed by atoms with E-state index in [1.807, 2.05) is 46.8 Å². The van der Waals surface area contributed by atoms with Gasteiger partial charge in [0.1, 0.15) is 12.0 Å². The molecule has 2 aliphatic heterocycles. The molecule has 0 N–H and O–H groups in total. The Morgan fingerprint density at radius 1 is 1.16 bits per heavy atom. The number of rotatable bonds is 4. The molecule has 0 bridgehead atoms. The smallest absolute Gasteiger partial charge is 0.465 e. The fourth-order valence-corrected chi connectivity index (χ4v) is 3.14. The summed E-state index contributed by atoms with van der Waals surface area (Å²) < 4.78 is 23.9. The lowest BCUT2D eigenvalue weighted by molar-refractivity contribution is -0.105. The fraction of sp³-hybridized carbons (Fsp3) is 0.632. The van der Waals surface area contributed by atoms with Crippen LogP contribution in [0.1, 0.15) is 62.9 Å². The lowest BCUT2D eigenvalue weighted by Gasteiger charge is -2.32. The van der Waals surface area contributed by atoms with Crippen LogP contribution in [0, 0.1) is 6.92 Å². The van der Waals surface area contributed by atoms with Crippen molar-refractivity contribution in [2.45, 2.75) is 71.4 Å². The molecule has 1 aromatic rings. The number of aldehydes is 1. The second kappa shape index (κ2) is 6.74. The van der Waals surface area contributed by atoms with E-state index in [0.717, 1.165) is 37.7 Å². The molecule has 0 amide bonds. The normalized spacial score (nSPS) is 25.0. The molecule has 0 radical (unpaired) electrons. The van der Waals surface area contributed by atoms with Crippen molar-refractivity contribution in [3.63, 3.8) is 0 Å². The Bertz CT molecular complexity index is 633. The average molecular weight is 346 g/mol. The zero-order valence-corrected chi connectivity index (χ0v) is 15.8. The Hall–Kier alpha value is -1.37. The highest BCUT2D eigenvalue weighted by Gasteiger charge is 2.52. The van der Waals surface area contributed by atoms with Crippen LogP contribution < -0.4 is 10.2 Å². The first-order valence-electron chi connectivity index (χ1n) is 8.97. The van der Waals surface area contributed by atoms with Crippen LogP contribution in [0.2, 0.25) is 0 Å².